The monoisotopic (exact) mass is 438 g/mol. The molecule has 4 rings (SSSR count). The van der Waals surface area contributed by atoms with Crippen LogP contribution in [0.3, 0.4) is 0 Å². The number of nitrogens with zero attached hydrogens (tertiary/aromatic N) is 6. The lowest BCUT2D eigenvalue weighted by atomic mass is 10.1. The Labute approximate surface area is 187 Å². The molecule has 0 aromatic carbocycles. The summed E-state index contributed by atoms with van der Waals surface area (Å²) in [6, 6.07) is 10.8. The quantitative estimate of drug-likeness (QED) is 0.455. The van der Waals surface area contributed by atoms with E-state index in [1.807, 2.05) is 31.5 Å². The molecule has 2 N–H and O–H groups in total. The van der Waals surface area contributed by atoms with Crippen molar-refractivity contribution in [3.63, 3.8) is 0 Å². The van der Waals surface area contributed by atoms with Gasteiger partial charge in [-0.2, -0.15) is 0 Å². The van der Waals surface area contributed by atoms with E-state index in [1.165, 1.54) is 4.88 Å². The summed E-state index contributed by atoms with van der Waals surface area (Å²) in [5, 5.41) is 17.6. The van der Waals surface area contributed by atoms with Crippen molar-refractivity contribution in [2.45, 2.75) is 45.8 Å². The van der Waals surface area contributed by atoms with E-state index in [0.717, 1.165) is 61.6 Å². The molecular weight excluding hydrogens is 408 g/mol. The molecule has 3 aromatic rings. The van der Waals surface area contributed by atoms with Crippen LogP contribution in [0.25, 0.3) is 0 Å². The minimum absolute atomic E-state index is 0.372. The lowest BCUT2D eigenvalue weighted by Gasteiger charge is -2.34. The van der Waals surface area contributed by atoms with Gasteiger partial charge in [0.05, 0.1) is 6.54 Å². The van der Waals surface area contributed by atoms with E-state index in [9.17, 15) is 0 Å². The molecule has 0 atom stereocenters. The maximum Gasteiger partial charge on any atom is 0.192 e. The Kier molecular flexibility index (Phi) is 6.81. The van der Waals surface area contributed by atoms with E-state index in [4.69, 9.17) is 4.99 Å². The molecular formula is C22H30N8S. The van der Waals surface area contributed by atoms with Gasteiger partial charge in [0.25, 0.3) is 0 Å². The van der Waals surface area contributed by atoms with Crippen LogP contribution in [0.5, 0.6) is 0 Å². The summed E-state index contributed by atoms with van der Waals surface area (Å²) >= 11 is 1.74. The Morgan fingerprint density at radius 3 is 2.68 bits per heavy atom. The van der Waals surface area contributed by atoms with Crippen LogP contribution in [-0.4, -0.2) is 44.8 Å². The van der Waals surface area contributed by atoms with Gasteiger partial charge in [0.2, 0.25) is 0 Å². The lowest BCUT2D eigenvalue weighted by Crippen LogP contribution is -2.48. The number of hydrogen-bond acceptors (Lipinski definition) is 6. The van der Waals surface area contributed by atoms with E-state index >= 15 is 0 Å². The number of pyridine rings is 1. The van der Waals surface area contributed by atoms with Crippen molar-refractivity contribution in [1.82, 2.24) is 30.4 Å². The number of guanidine groups is 1. The molecule has 8 nitrogen and oxygen atoms in total. The zero-order chi connectivity index (χ0) is 21.6. The van der Waals surface area contributed by atoms with Gasteiger partial charge >= 0.3 is 0 Å². The smallest absolute Gasteiger partial charge is 0.192 e. The zero-order valence-corrected chi connectivity index (χ0v) is 19.2. The fourth-order valence-electron chi connectivity index (χ4n) is 3.63. The predicted molar refractivity (Wildman–Crippen MR) is 125 cm³/mol. The van der Waals surface area contributed by atoms with Crippen molar-refractivity contribution in [2.75, 3.05) is 18.0 Å². The average Bonchev–Trinajstić information content (AvgIpc) is 3.41. The molecule has 0 radical (unpaired) electrons. The van der Waals surface area contributed by atoms with E-state index in [0.29, 0.717) is 12.6 Å². The number of aryl methyl sites for hydroxylation is 2. The Balaban J connectivity index is 1.38. The topological polar surface area (TPSA) is 83.3 Å². The third-order valence-electron chi connectivity index (χ3n) is 5.60. The van der Waals surface area contributed by atoms with Crippen molar-refractivity contribution in [1.29, 1.82) is 0 Å². The van der Waals surface area contributed by atoms with Gasteiger partial charge in [-0.05, 0) is 50.3 Å². The first-order valence-electron chi connectivity index (χ1n) is 10.7. The molecule has 0 aliphatic carbocycles. The second-order valence-electron chi connectivity index (χ2n) is 7.86. The highest BCUT2D eigenvalue weighted by atomic mass is 32.1. The number of nitrogens with one attached hydrogen (secondary N) is 2. The minimum Gasteiger partial charge on any atom is -0.356 e. The van der Waals surface area contributed by atoms with E-state index < -0.39 is 0 Å². The number of rotatable bonds is 6. The van der Waals surface area contributed by atoms with Gasteiger partial charge in [-0.1, -0.05) is 12.1 Å². The van der Waals surface area contributed by atoms with E-state index in [-0.39, 0.29) is 0 Å². The molecule has 0 saturated carbocycles. The molecule has 1 aliphatic heterocycles. The Hall–Kier alpha value is -2.94. The van der Waals surface area contributed by atoms with Crippen LogP contribution in [0.2, 0.25) is 0 Å². The van der Waals surface area contributed by atoms with Crippen LogP contribution in [0.1, 0.15) is 35.1 Å². The maximum absolute atomic E-state index is 4.80. The summed E-state index contributed by atoms with van der Waals surface area (Å²) in [5.41, 5.74) is 1.06. The van der Waals surface area contributed by atoms with Crippen LogP contribution >= 0.6 is 11.3 Å². The normalized spacial score (nSPS) is 15.3. The van der Waals surface area contributed by atoms with Crippen LogP contribution in [0.15, 0.2) is 40.7 Å². The molecule has 4 heterocycles. The van der Waals surface area contributed by atoms with Gasteiger partial charge in [0.15, 0.2) is 11.8 Å². The Morgan fingerprint density at radius 2 is 2.00 bits per heavy atom. The van der Waals surface area contributed by atoms with Crippen LogP contribution in [0.4, 0.5) is 5.82 Å². The van der Waals surface area contributed by atoms with Crippen LogP contribution in [0, 0.1) is 13.8 Å². The minimum atomic E-state index is 0.372. The number of hydrogen-bond donors (Lipinski definition) is 2. The summed E-state index contributed by atoms with van der Waals surface area (Å²) in [6.45, 7) is 7.20. The average molecular weight is 439 g/mol. The fourth-order valence-corrected chi connectivity index (χ4v) is 4.27. The molecule has 0 bridgehead atoms. The second-order valence-corrected chi connectivity index (χ2v) is 8.90. The van der Waals surface area contributed by atoms with Gasteiger partial charge in [-0.15, -0.1) is 21.5 Å². The maximum atomic E-state index is 4.80. The first kappa shape index (κ1) is 21.3. The molecule has 0 spiro atoms. The van der Waals surface area contributed by atoms with Crippen molar-refractivity contribution >= 4 is 23.1 Å². The lowest BCUT2D eigenvalue weighted by molar-refractivity contribution is 0.459. The molecule has 31 heavy (non-hydrogen) atoms. The largest absolute Gasteiger partial charge is 0.356 e. The number of anilines is 1. The first-order valence-corrected chi connectivity index (χ1v) is 11.6. The third-order valence-corrected chi connectivity index (χ3v) is 6.48. The van der Waals surface area contributed by atoms with E-state index in [1.54, 1.807) is 11.3 Å². The summed E-state index contributed by atoms with van der Waals surface area (Å²) in [5.74, 6) is 3.64. The highest BCUT2D eigenvalue weighted by Gasteiger charge is 2.21. The number of aromatic nitrogens is 4. The first-order chi connectivity index (χ1) is 15.1. The SMILES string of the molecule is Cc1cccc(N2CCC(NC(=NCc3nnc(C)n3C)NCc3cccs3)CC2)n1. The fraction of sp³-hybridized carbons (Fsp3) is 0.455. The van der Waals surface area contributed by atoms with Crippen molar-refractivity contribution in [3.8, 4) is 0 Å². The van der Waals surface area contributed by atoms with Gasteiger partial charge in [0.1, 0.15) is 18.2 Å². The van der Waals surface area contributed by atoms with Crippen molar-refractivity contribution in [3.05, 3.63) is 57.9 Å². The summed E-state index contributed by atoms with van der Waals surface area (Å²) in [7, 11) is 1.97. The molecule has 1 fully saturated rings. The summed E-state index contributed by atoms with van der Waals surface area (Å²) < 4.78 is 1.98. The third kappa shape index (κ3) is 5.61. The highest BCUT2D eigenvalue weighted by molar-refractivity contribution is 7.09. The number of thiophene rings is 1. The van der Waals surface area contributed by atoms with Gasteiger partial charge in [-0.25, -0.2) is 9.98 Å². The molecule has 0 amide bonds. The molecule has 9 heteroatoms. The molecule has 164 valence electrons. The van der Waals surface area contributed by atoms with Crippen molar-refractivity contribution < 1.29 is 0 Å². The van der Waals surface area contributed by atoms with Gasteiger partial charge < -0.3 is 20.1 Å². The standard InChI is InChI=1S/C22H30N8S/c1-16-6-4-8-20(25-16)30-11-9-18(10-12-30)26-22(23-14-19-7-5-13-31-19)24-15-21-28-27-17(2)29(21)3/h4-8,13,18H,9-12,14-15H2,1-3H3,(H2,23,24,26). The summed E-state index contributed by atoms with van der Waals surface area (Å²) in [6.07, 6.45) is 2.08. The van der Waals surface area contributed by atoms with Gasteiger partial charge in [0, 0.05) is 36.8 Å². The molecule has 1 aliphatic rings. The molecule has 3 aromatic heterocycles. The second kappa shape index (κ2) is 9.91. The van der Waals surface area contributed by atoms with E-state index in [2.05, 4.69) is 60.4 Å². The van der Waals surface area contributed by atoms with Crippen LogP contribution in [-0.2, 0) is 20.1 Å². The number of aliphatic imine (C=N–C) groups is 1. The van der Waals surface area contributed by atoms with Crippen LogP contribution < -0.4 is 15.5 Å². The molecule has 1 saturated heterocycles. The zero-order valence-electron chi connectivity index (χ0n) is 18.4. The van der Waals surface area contributed by atoms with Crippen molar-refractivity contribution in [2.24, 2.45) is 12.0 Å². The predicted octanol–water partition coefficient (Wildman–Crippen LogP) is 2.79. The Bertz CT molecular complexity index is 1000. The van der Waals surface area contributed by atoms with Gasteiger partial charge in [-0.3, -0.25) is 0 Å². The Morgan fingerprint density at radius 1 is 1.16 bits per heavy atom. The molecule has 0 unspecified atom stereocenters. The number of piperidine rings is 1. The summed E-state index contributed by atoms with van der Waals surface area (Å²) in [4.78, 5) is 13.1. The highest BCUT2D eigenvalue weighted by Crippen LogP contribution is 2.18.